The van der Waals surface area contributed by atoms with Crippen LogP contribution in [0.5, 0.6) is 11.5 Å². The summed E-state index contributed by atoms with van der Waals surface area (Å²) in [7, 11) is 0. The maximum absolute atomic E-state index is 12.6. The number of hydrogen-bond acceptors (Lipinski definition) is 3. The minimum atomic E-state index is -0.211. The molecule has 0 radical (unpaired) electrons. The highest BCUT2D eigenvalue weighted by Gasteiger charge is 2.23. The predicted molar refractivity (Wildman–Crippen MR) is 105 cm³/mol. The predicted octanol–water partition coefficient (Wildman–Crippen LogP) is 5.12. The van der Waals surface area contributed by atoms with Gasteiger partial charge in [0.05, 0.1) is 24.8 Å². The molecule has 1 aliphatic rings. The number of carbonyl (C=O) groups excluding carboxylic acids is 1. The van der Waals surface area contributed by atoms with Gasteiger partial charge in [0.25, 0.3) is 0 Å². The molecule has 0 bridgehead atoms. The van der Waals surface area contributed by atoms with Crippen LogP contribution in [-0.2, 0) is 16.0 Å². The van der Waals surface area contributed by atoms with Gasteiger partial charge in [-0.25, -0.2) is 0 Å². The number of hydrogen-bond donors (Lipinski definition) is 1. The maximum atomic E-state index is 12.6. The van der Waals surface area contributed by atoms with Gasteiger partial charge in [-0.1, -0.05) is 54.6 Å². The normalized spacial score (nSPS) is 15.6. The van der Waals surface area contributed by atoms with Crippen molar-refractivity contribution in [3.8, 4) is 11.5 Å². The van der Waals surface area contributed by atoms with Crippen molar-refractivity contribution in [2.24, 2.45) is 0 Å². The molecule has 1 atom stereocenters. The molecule has 0 saturated carbocycles. The van der Waals surface area contributed by atoms with Gasteiger partial charge < -0.3 is 14.8 Å². The highest BCUT2D eigenvalue weighted by atomic mass is 16.5. The minimum absolute atomic E-state index is 0.0965. The molecule has 3 aromatic rings. The van der Waals surface area contributed by atoms with Gasteiger partial charge in [-0.3, -0.25) is 4.79 Å². The van der Waals surface area contributed by atoms with Crippen LogP contribution in [0.1, 0.15) is 23.7 Å². The number of para-hydroxylation sites is 3. The van der Waals surface area contributed by atoms with Crippen molar-refractivity contribution >= 4 is 11.6 Å². The second-order valence-corrected chi connectivity index (χ2v) is 6.47. The first-order valence-electron chi connectivity index (χ1n) is 9.11. The fraction of sp³-hybridized carbons (Fsp3) is 0.174. The molecule has 1 heterocycles. The Balaban J connectivity index is 1.46. The number of benzene rings is 3. The molecule has 1 aliphatic heterocycles. The van der Waals surface area contributed by atoms with Crippen LogP contribution in [0.2, 0.25) is 0 Å². The summed E-state index contributed by atoms with van der Waals surface area (Å²) < 4.78 is 11.8. The van der Waals surface area contributed by atoms with Gasteiger partial charge in [-0.05, 0) is 41.8 Å². The van der Waals surface area contributed by atoms with Crippen LogP contribution >= 0.6 is 0 Å². The van der Waals surface area contributed by atoms with E-state index >= 15 is 0 Å². The van der Waals surface area contributed by atoms with Crippen LogP contribution in [0, 0.1) is 0 Å². The summed E-state index contributed by atoms with van der Waals surface area (Å²) >= 11 is 0. The third kappa shape index (κ3) is 4.18. The monoisotopic (exact) mass is 359 g/mol. The van der Waals surface area contributed by atoms with E-state index in [9.17, 15) is 4.79 Å². The van der Waals surface area contributed by atoms with E-state index in [-0.39, 0.29) is 18.4 Å². The van der Waals surface area contributed by atoms with Crippen LogP contribution in [0.25, 0.3) is 0 Å². The van der Waals surface area contributed by atoms with Gasteiger partial charge in [0.2, 0.25) is 5.91 Å². The summed E-state index contributed by atoms with van der Waals surface area (Å²) in [6.07, 6.45) is 0.954. The van der Waals surface area contributed by atoms with E-state index in [1.54, 1.807) is 0 Å². The number of amides is 1. The smallest absolute Gasteiger partial charge is 0.227 e. The van der Waals surface area contributed by atoms with Crippen molar-refractivity contribution in [3.05, 3.63) is 90.0 Å². The van der Waals surface area contributed by atoms with E-state index in [4.69, 9.17) is 9.47 Å². The summed E-state index contributed by atoms with van der Waals surface area (Å²) in [4.78, 5) is 12.6. The number of carbonyl (C=O) groups is 1. The summed E-state index contributed by atoms with van der Waals surface area (Å²) in [5, 5.41) is 2.96. The standard InChI is InChI=1S/C23H21NO3/c25-23(16-22-19-11-5-4-8-17(19)14-15-26-22)24-20-12-6-7-13-21(20)27-18-9-2-1-3-10-18/h1-13,22H,14-16H2,(H,24,25). The fourth-order valence-corrected chi connectivity index (χ4v) is 3.29. The average Bonchev–Trinajstić information content (AvgIpc) is 2.71. The lowest BCUT2D eigenvalue weighted by Gasteiger charge is -2.25. The lowest BCUT2D eigenvalue weighted by atomic mass is 9.95. The molecule has 0 fully saturated rings. The van der Waals surface area contributed by atoms with Gasteiger partial charge in [0.15, 0.2) is 5.75 Å². The Labute approximate surface area is 158 Å². The van der Waals surface area contributed by atoms with E-state index in [1.165, 1.54) is 5.56 Å². The summed E-state index contributed by atoms with van der Waals surface area (Å²) in [5.74, 6) is 1.24. The highest BCUT2D eigenvalue weighted by Crippen LogP contribution is 2.32. The third-order valence-corrected chi connectivity index (χ3v) is 4.60. The van der Waals surface area contributed by atoms with Crippen molar-refractivity contribution in [1.29, 1.82) is 0 Å². The zero-order valence-electron chi connectivity index (χ0n) is 14.9. The lowest BCUT2D eigenvalue weighted by molar-refractivity contribution is -0.119. The van der Waals surface area contributed by atoms with Gasteiger partial charge in [0, 0.05) is 0 Å². The van der Waals surface area contributed by atoms with Gasteiger partial charge >= 0.3 is 0 Å². The molecule has 1 amide bonds. The minimum Gasteiger partial charge on any atom is -0.455 e. The first-order chi connectivity index (χ1) is 13.3. The van der Waals surface area contributed by atoms with Crippen LogP contribution in [-0.4, -0.2) is 12.5 Å². The van der Waals surface area contributed by atoms with Gasteiger partial charge in [0.1, 0.15) is 5.75 Å². The topological polar surface area (TPSA) is 47.6 Å². The second-order valence-electron chi connectivity index (χ2n) is 6.47. The number of nitrogens with one attached hydrogen (secondary N) is 1. The quantitative estimate of drug-likeness (QED) is 0.688. The van der Waals surface area contributed by atoms with Gasteiger partial charge in [-0.15, -0.1) is 0 Å². The second kappa shape index (κ2) is 8.06. The largest absolute Gasteiger partial charge is 0.455 e. The molecule has 4 rings (SSSR count). The van der Waals surface area contributed by atoms with Crippen molar-refractivity contribution < 1.29 is 14.3 Å². The summed E-state index contributed by atoms with van der Waals surface area (Å²) in [6.45, 7) is 0.642. The molecule has 0 aromatic heterocycles. The lowest BCUT2D eigenvalue weighted by Crippen LogP contribution is -2.22. The zero-order chi connectivity index (χ0) is 18.5. The van der Waals surface area contributed by atoms with E-state index in [2.05, 4.69) is 11.4 Å². The maximum Gasteiger partial charge on any atom is 0.227 e. The Morgan fingerprint density at radius 1 is 0.963 bits per heavy atom. The number of fused-ring (bicyclic) bond motifs is 1. The van der Waals surface area contributed by atoms with Crippen molar-refractivity contribution in [2.75, 3.05) is 11.9 Å². The highest BCUT2D eigenvalue weighted by molar-refractivity contribution is 5.92. The van der Waals surface area contributed by atoms with Crippen molar-refractivity contribution in [3.63, 3.8) is 0 Å². The average molecular weight is 359 g/mol. The molecule has 136 valence electrons. The Hall–Kier alpha value is -3.11. The molecule has 4 nitrogen and oxygen atoms in total. The van der Waals surface area contributed by atoms with E-state index in [0.717, 1.165) is 17.7 Å². The molecule has 0 aliphatic carbocycles. The molecular formula is C23H21NO3. The Bertz CT molecular complexity index is 924. The van der Waals surface area contributed by atoms with E-state index in [1.807, 2.05) is 72.8 Å². The Kier molecular flexibility index (Phi) is 5.17. The summed E-state index contributed by atoms with van der Waals surface area (Å²) in [5.41, 5.74) is 3.01. The van der Waals surface area contributed by atoms with Gasteiger partial charge in [-0.2, -0.15) is 0 Å². The van der Waals surface area contributed by atoms with Crippen LogP contribution < -0.4 is 10.1 Å². The summed E-state index contributed by atoms with van der Waals surface area (Å²) in [6, 6.07) is 25.1. The van der Waals surface area contributed by atoms with E-state index in [0.29, 0.717) is 18.0 Å². The molecule has 3 aromatic carbocycles. The Morgan fingerprint density at radius 3 is 2.59 bits per heavy atom. The first kappa shape index (κ1) is 17.3. The first-order valence-corrected chi connectivity index (χ1v) is 9.11. The van der Waals surface area contributed by atoms with Crippen molar-refractivity contribution in [2.45, 2.75) is 18.9 Å². The zero-order valence-corrected chi connectivity index (χ0v) is 14.9. The number of rotatable bonds is 5. The van der Waals surface area contributed by atoms with Crippen LogP contribution in [0.3, 0.4) is 0 Å². The molecule has 0 saturated heterocycles. The van der Waals surface area contributed by atoms with E-state index < -0.39 is 0 Å². The number of anilines is 1. The van der Waals surface area contributed by atoms with Crippen LogP contribution in [0.15, 0.2) is 78.9 Å². The molecule has 27 heavy (non-hydrogen) atoms. The molecule has 0 spiro atoms. The molecule has 1 N–H and O–H groups in total. The molecule has 4 heteroatoms. The molecular weight excluding hydrogens is 338 g/mol. The number of ether oxygens (including phenoxy) is 2. The van der Waals surface area contributed by atoms with Crippen LogP contribution in [0.4, 0.5) is 5.69 Å². The fourth-order valence-electron chi connectivity index (χ4n) is 3.29. The SMILES string of the molecule is O=C(CC1OCCc2ccccc21)Nc1ccccc1Oc1ccccc1. The van der Waals surface area contributed by atoms with Crippen molar-refractivity contribution in [1.82, 2.24) is 0 Å². The Morgan fingerprint density at radius 2 is 1.70 bits per heavy atom. The molecule has 1 unspecified atom stereocenters. The third-order valence-electron chi connectivity index (χ3n) is 4.60.